The second-order valence-corrected chi connectivity index (χ2v) is 4.28. The summed E-state index contributed by atoms with van der Waals surface area (Å²) in [5.74, 6) is -0.0846. The Morgan fingerprint density at radius 2 is 2.06 bits per heavy atom. The summed E-state index contributed by atoms with van der Waals surface area (Å²) in [5.41, 5.74) is 2.05. The molecule has 0 spiro atoms. The van der Waals surface area contributed by atoms with Crippen LogP contribution in [0.5, 0.6) is 0 Å². The molecule has 0 radical (unpaired) electrons. The lowest BCUT2D eigenvalue weighted by Gasteiger charge is -2.19. The van der Waals surface area contributed by atoms with Crippen molar-refractivity contribution in [3.05, 3.63) is 0 Å². The molecule has 1 fully saturated rings. The Morgan fingerprint density at radius 3 is 2.56 bits per heavy atom. The van der Waals surface area contributed by atoms with E-state index in [1.165, 1.54) is 0 Å². The monoisotopic (exact) mass is 230 g/mol. The molecule has 2 amide bonds. The van der Waals surface area contributed by atoms with Crippen LogP contribution >= 0.6 is 0 Å². The van der Waals surface area contributed by atoms with E-state index in [-0.39, 0.29) is 6.04 Å². The smallest absolute Gasteiger partial charge is 0.338 e. The predicted octanol–water partition coefficient (Wildman–Crippen LogP) is 0.736. The molecule has 3 atom stereocenters. The number of rotatable bonds is 4. The fourth-order valence-electron chi connectivity index (χ4n) is 1.93. The SMILES string of the molecule is CC1CCC(NC(=O)NOCC(=O)O)C1C. The van der Waals surface area contributed by atoms with Gasteiger partial charge in [0, 0.05) is 6.04 Å². The largest absolute Gasteiger partial charge is 0.479 e. The summed E-state index contributed by atoms with van der Waals surface area (Å²) in [4.78, 5) is 25.9. The number of carboxylic acids is 1. The Balaban J connectivity index is 2.21. The maximum absolute atomic E-state index is 11.3. The van der Waals surface area contributed by atoms with Crippen molar-refractivity contribution < 1.29 is 19.5 Å². The third kappa shape index (κ3) is 3.69. The van der Waals surface area contributed by atoms with E-state index in [0.717, 1.165) is 12.8 Å². The Morgan fingerprint density at radius 1 is 1.38 bits per heavy atom. The fraction of sp³-hybridized carbons (Fsp3) is 0.800. The van der Waals surface area contributed by atoms with Crippen LogP contribution in [0.25, 0.3) is 0 Å². The number of urea groups is 1. The van der Waals surface area contributed by atoms with Gasteiger partial charge in [0.1, 0.15) is 0 Å². The highest BCUT2D eigenvalue weighted by Gasteiger charge is 2.30. The van der Waals surface area contributed by atoms with Crippen molar-refractivity contribution in [1.29, 1.82) is 0 Å². The molecule has 0 bridgehead atoms. The first-order valence-corrected chi connectivity index (χ1v) is 5.40. The topological polar surface area (TPSA) is 87.7 Å². The Bertz CT molecular complexity index is 270. The van der Waals surface area contributed by atoms with Gasteiger partial charge < -0.3 is 10.4 Å². The van der Waals surface area contributed by atoms with Gasteiger partial charge in [0.05, 0.1) is 0 Å². The van der Waals surface area contributed by atoms with Crippen molar-refractivity contribution in [3.63, 3.8) is 0 Å². The molecule has 0 aromatic carbocycles. The van der Waals surface area contributed by atoms with Gasteiger partial charge in [-0.25, -0.2) is 15.1 Å². The molecule has 3 unspecified atom stereocenters. The quantitative estimate of drug-likeness (QED) is 0.621. The lowest BCUT2D eigenvalue weighted by Crippen LogP contribution is -2.44. The maximum atomic E-state index is 11.3. The van der Waals surface area contributed by atoms with Gasteiger partial charge in [-0.2, -0.15) is 0 Å². The summed E-state index contributed by atoms with van der Waals surface area (Å²) in [6.45, 7) is 3.72. The first-order valence-electron chi connectivity index (χ1n) is 5.40. The van der Waals surface area contributed by atoms with Crippen molar-refractivity contribution in [2.75, 3.05) is 6.61 Å². The van der Waals surface area contributed by atoms with Crippen LogP contribution in [0.15, 0.2) is 0 Å². The minimum atomic E-state index is -1.12. The number of aliphatic carboxylic acids is 1. The Kier molecular flexibility index (Phi) is 4.54. The molecule has 1 saturated carbocycles. The van der Waals surface area contributed by atoms with Gasteiger partial charge in [-0.1, -0.05) is 13.8 Å². The van der Waals surface area contributed by atoms with Gasteiger partial charge in [0.15, 0.2) is 6.61 Å². The van der Waals surface area contributed by atoms with E-state index in [0.29, 0.717) is 11.8 Å². The highest BCUT2D eigenvalue weighted by molar-refractivity contribution is 5.73. The number of carbonyl (C=O) groups excluding carboxylic acids is 1. The lowest BCUT2D eigenvalue weighted by atomic mass is 9.98. The van der Waals surface area contributed by atoms with Crippen LogP contribution in [0.3, 0.4) is 0 Å². The zero-order chi connectivity index (χ0) is 12.1. The van der Waals surface area contributed by atoms with Gasteiger partial charge >= 0.3 is 12.0 Å². The molecule has 1 rings (SSSR count). The van der Waals surface area contributed by atoms with Gasteiger partial charge in [-0.3, -0.25) is 4.84 Å². The number of carbonyl (C=O) groups is 2. The average molecular weight is 230 g/mol. The number of hydrogen-bond acceptors (Lipinski definition) is 3. The molecule has 6 nitrogen and oxygen atoms in total. The van der Waals surface area contributed by atoms with Crippen molar-refractivity contribution >= 4 is 12.0 Å². The fourth-order valence-corrected chi connectivity index (χ4v) is 1.93. The first-order chi connectivity index (χ1) is 7.50. The summed E-state index contributed by atoms with van der Waals surface area (Å²) in [6, 6.07) is -0.337. The number of amides is 2. The van der Waals surface area contributed by atoms with Crippen LogP contribution in [0.1, 0.15) is 26.7 Å². The number of hydrogen-bond donors (Lipinski definition) is 3. The van der Waals surface area contributed by atoms with Crippen molar-refractivity contribution in [2.45, 2.75) is 32.7 Å². The summed E-state index contributed by atoms with van der Waals surface area (Å²) < 4.78 is 0. The second-order valence-electron chi connectivity index (χ2n) is 4.28. The van der Waals surface area contributed by atoms with Crippen LogP contribution in [0, 0.1) is 11.8 Å². The maximum Gasteiger partial charge on any atom is 0.338 e. The highest BCUT2D eigenvalue weighted by Crippen LogP contribution is 2.30. The molecule has 1 aliphatic rings. The molecular formula is C10H18N2O4. The second kappa shape index (κ2) is 5.69. The summed E-state index contributed by atoms with van der Waals surface area (Å²) >= 11 is 0. The van der Waals surface area contributed by atoms with Crippen molar-refractivity contribution in [1.82, 2.24) is 10.8 Å². The highest BCUT2D eigenvalue weighted by atomic mass is 16.7. The van der Waals surface area contributed by atoms with E-state index in [4.69, 9.17) is 5.11 Å². The van der Waals surface area contributed by atoms with E-state index < -0.39 is 18.6 Å². The van der Waals surface area contributed by atoms with Gasteiger partial charge in [0.2, 0.25) is 0 Å². The number of hydroxylamine groups is 1. The van der Waals surface area contributed by atoms with Crippen LogP contribution < -0.4 is 10.8 Å². The van der Waals surface area contributed by atoms with Gasteiger partial charge in [-0.05, 0) is 24.7 Å². The minimum absolute atomic E-state index is 0.142. The molecular weight excluding hydrogens is 212 g/mol. The molecule has 0 heterocycles. The third-order valence-corrected chi connectivity index (χ3v) is 3.14. The Hall–Kier alpha value is -1.30. The van der Waals surface area contributed by atoms with Crippen molar-refractivity contribution in [2.24, 2.45) is 11.8 Å². The molecule has 16 heavy (non-hydrogen) atoms. The van der Waals surface area contributed by atoms with Crippen LogP contribution in [-0.4, -0.2) is 29.8 Å². The standard InChI is InChI=1S/C10H18N2O4/c1-6-3-4-8(7(6)2)11-10(15)12-16-5-9(13)14/h6-8H,3-5H2,1-2H3,(H,13,14)(H2,11,12,15). The molecule has 1 aliphatic carbocycles. The van der Waals surface area contributed by atoms with Crippen molar-refractivity contribution in [3.8, 4) is 0 Å². The summed E-state index contributed by atoms with van der Waals surface area (Å²) in [7, 11) is 0. The minimum Gasteiger partial charge on any atom is -0.479 e. The Labute approximate surface area is 94.3 Å². The normalized spacial score (nSPS) is 28.8. The van der Waals surface area contributed by atoms with E-state index in [2.05, 4.69) is 24.0 Å². The van der Waals surface area contributed by atoms with E-state index in [1.807, 2.05) is 5.48 Å². The summed E-state index contributed by atoms with van der Waals surface area (Å²) in [6.07, 6.45) is 2.05. The molecule has 0 aromatic heterocycles. The summed E-state index contributed by atoms with van der Waals surface area (Å²) in [5, 5.41) is 11.1. The van der Waals surface area contributed by atoms with Crippen LogP contribution in [-0.2, 0) is 9.63 Å². The molecule has 0 aromatic rings. The molecule has 0 saturated heterocycles. The lowest BCUT2D eigenvalue weighted by molar-refractivity contribution is -0.144. The molecule has 0 aliphatic heterocycles. The first kappa shape index (κ1) is 12.8. The van der Waals surface area contributed by atoms with Crippen LogP contribution in [0.2, 0.25) is 0 Å². The molecule has 3 N–H and O–H groups in total. The van der Waals surface area contributed by atoms with Crippen LogP contribution in [0.4, 0.5) is 4.79 Å². The zero-order valence-corrected chi connectivity index (χ0v) is 9.53. The number of carboxylic acid groups (broad SMARTS) is 1. The predicted molar refractivity (Wildman–Crippen MR) is 56.6 cm³/mol. The third-order valence-electron chi connectivity index (χ3n) is 3.14. The molecule has 6 heteroatoms. The number of nitrogens with one attached hydrogen (secondary N) is 2. The van der Waals surface area contributed by atoms with E-state index in [9.17, 15) is 9.59 Å². The van der Waals surface area contributed by atoms with Gasteiger partial charge in [-0.15, -0.1) is 0 Å². The van der Waals surface area contributed by atoms with E-state index >= 15 is 0 Å². The zero-order valence-electron chi connectivity index (χ0n) is 9.53. The van der Waals surface area contributed by atoms with E-state index in [1.54, 1.807) is 0 Å². The molecule has 92 valence electrons. The van der Waals surface area contributed by atoms with Gasteiger partial charge in [0.25, 0.3) is 0 Å². The average Bonchev–Trinajstić information content (AvgIpc) is 2.49.